The summed E-state index contributed by atoms with van der Waals surface area (Å²) in [6, 6.07) is 7.95. The summed E-state index contributed by atoms with van der Waals surface area (Å²) in [5, 5.41) is 6.90. The fraction of sp³-hybridized carbons (Fsp3) is 0.462. The number of carbonyl (C=O) groups is 1. The van der Waals surface area contributed by atoms with Crippen LogP contribution in [0.25, 0.3) is 0 Å². The minimum absolute atomic E-state index is 0.0505. The molecule has 2 N–H and O–H groups in total. The van der Waals surface area contributed by atoms with Crippen molar-refractivity contribution in [3.63, 3.8) is 0 Å². The third kappa shape index (κ3) is 3.89. The van der Waals surface area contributed by atoms with Gasteiger partial charge in [-0.1, -0.05) is 23.7 Å². The summed E-state index contributed by atoms with van der Waals surface area (Å²) in [4.78, 5) is 13.1. The third-order valence-corrected chi connectivity index (χ3v) is 3.26. The number of urea groups is 1. The third-order valence-electron chi connectivity index (χ3n) is 3.01. The minimum atomic E-state index is 0.0505. The maximum Gasteiger partial charge on any atom is 0.317 e. The quantitative estimate of drug-likeness (QED) is 0.767. The van der Waals surface area contributed by atoms with Crippen molar-refractivity contribution in [3.05, 3.63) is 34.9 Å². The topological polar surface area (TPSA) is 44.4 Å². The molecule has 18 heavy (non-hydrogen) atoms. The molecule has 0 spiro atoms. The molecule has 1 fully saturated rings. The van der Waals surface area contributed by atoms with Gasteiger partial charge >= 0.3 is 6.03 Å². The molecule has 1 aromatic carbocycles. The van der Waals surface area contributed by atoms with Crippen molar-refractivity contribution in [2.24, 2.45) is 0 Å². The van der Waals surface area contributed by atoms with Gasteiger partial charge < -0.3 is 15.5 Å². The molecule has 0 saturated carbocycles. The van der Waals surface area contributed by atoms with Crippen LogP contribution in [0.4, 0.5) is 4.79 Å². The number of nitrogens with one attached hydrogen (secondary N) is 2. The van der Waals surface area contributed by atoms with E-state index in [1.54, 1.807) is 0 Å². The van der Waals surface area contributed by atoms with Crippen molar-refractivity contribution >= 4 is 17.6 Å². The molecule has 1 saturated heterocycles. The molecular weight excluding hydrogens is 250 g/mol. The van der Waals surface area contributed by atoms with Crippen molar-refractivity contribution < 1.29 is 4.79 Å². The second kappa shape index (κ2) is 6.61. The van der Waals surface area contributed by atoms with Gasteiger partial charge in [-0.05, 0) is 30.7 Å². The molecule has 1 aliphatic heterocycles. The smallest absolute Gasteiger partial charge is 0.317 e. The molecule has 0 aromatic heterocycles. The van der Waals surface area contributed by atoms with E-state index in [4.69, 9.17) is 11.6 Å². The number of rotatable bonds is 6. The van der Waals surface area contributed by atoms with Crippen molar-refractivity contribution in [1.29, 1.82) is 0 Å². The Labute approximate surface area is 112 Å². The Kier molecular flexibility index (Phi) is 4.84. The van der Waals surface area contributed by atoms with Crippen molar-refractivity contribution in [2.45, 2.75) is 6.42 Å². The molecule has 5 heteroatoms. The fourth-order valence-electron chi connectivity index (χ4n) is 1.95. The number of benzene rings is 1. The van der Waals surface area contributed by atoms with Gasteiger partial charge in [0.25, 0.3) is 0 Å². The number of carbonyl (C=O) groups excluding carboxylic acids is 1. The Hall–Kier alpha value is -1.26. The van der Waals surface area contributed by atoms with Crippen LogP contribution in [-0.2, 0) is 6.42 Å². The highest BCUT2D eigenvalue weighted by Crippen LogP contribution is 2.09. The minimum Gasteiger partial charge on any atom is -0.336 e. The summed E-state index contributed by atoms with van der Waals surface area (Å²) >= 11 is 5.82. The zero-order chi connectivity index (χ0) is 12.8. The van der Waals surface area contributed by atoms with E-state index in [2.05, 4.69) is 10.6 Å². The summed E-state index contributed by atoms with van der Waals surface area (Å²) in [5.74, 6) is 0. The standard InChI is InChI=1S/C13H18ClN3O/c14-12-3-1-11(2-4-12)5-6-15-7-9-17-10-8-16-13(17)18/h1-4,15H,5-10H2,(H,16,18). The second-order valence-corrected chi connectivity index (χ2v) is 4.78. The molecule has 4 nitrogen and oxygen atoms in total. The van der Waals surface area contributed by atoms with E-state index in [-0.39, 0.29) is 6.03 Å². The summed E-state index contributed by atoms with van der Waals surface area (Å²) in [6.45, 7) is 4.10. The molecule has 98 valence electrons. The van der Waals surface area contributed by atoms with Gasteiger partial charge in [-0.25, -0.2) is 4.79 Å². The molecule has 1 aliphatic rings. The maximum absolute atomic E-state index is 11.3. The molecule has 0 aliphatic carbocycles. The Balaban J connectivity index is 1.58. The first-order valence-corrected chi connectivity index (χ1v) is 6.61. The molecule has 1 heterocycles. The summed E-state index contributed by atoms with van der Waals surface area (Å²) in [7, 11) is 0. The molecule has 0 bridgehead atoms. The van der Waals surface area contributed by atoms with E-state index >= 15 is 0 Å². The van der Waals surface area contributed by atoms with Crippen molar-refractivity contribution in [1.82, 2.24) is 15.5 Å². The van der Waals surface area contributed by atoms with Gasteiger partial charge in [0.1, 0.15) is 0 Å². The Morgan fingerprint density at radius 1 is 1.28 bits per heavy atom. The molecule has 2 amide bonds. The Morgan fingerprint density at radius 3 is 2.72 bits per heavy atom. The largest absolute Gasteiger partial charge is 0.336 e. The molecule has 0 unspecified atom stereocenters. The first kappa shape index (κ1) is 13.2. The molecule has 0 atom stereocenters. The van der Waals surface area contributed by atoms with Crippen LogP contribution in [-0.4, -0.2) is 43.7 Å². The molecule has 0 radical (unpaired) electrons. The van der Waals surface area contributed by atoms with E-state index in [1.165, 1.54) is 5.56 Å². The van der Waals surface area contributed by atoms with Gasteiger partial charge in [0.2, 0.25) is 0 Å². The number of hydrogen-bond donors (Lipinski definition) is 2. The van der Waals surface area contributed by atoms with Gasteiger partial charge in [0, 0.05) is 31.2 Å². The monoisotopic (exact) mass is 267 g/mol. The molecule has 2 rings (SSSR count). The van der Waals surface area contributed by atoms with Crippen LogP contribution in [0.15, 0.2) is 24.3 Å². The van der Waals surface area contributed by atoms with Gasteiger partial charge in [-0.15, -0.1) is 0 Å². The van der Waals surface area contributed by atoms with Crippen LogP contribution in [0.3, 0.4) is 0 Å². The average Bonchev–Trinajstić information content (AvgIpc) is 2.77. The van der Waals surface area contributed by atoms with Crippen LogP contribution in [0.2, 0.25) is 5.02 Å². The highest BCUT2D eigenvalue weighted by Gasteiger charge is 2.17. The van der Waals surface area contributed by atoms with Crippen LogP contribution >= 0.6 is 11.6 Å². The average molecular weight is 268 g/mol. The highest BCUT2D eigenvalue weighted by molar-refractivity contribution is 6.30. The molecule has 1 aromatic rings. The second-order valence-electron chi connectivity index (χ2n) is 4.35. The van der Waals surface area contributed by atoms with Crippen molar-refractivity contribution in [3.8, 4) is 0 Å². The van der Waals surface area contributed by atoms with Crippen LogP contribution in [0, 0.1) is 0 Å². The van der Waals surface area contributed by atoms with Crippen LogP contribution < -0.4 is 10.6 Å². The number of hydrogen-bond acceptors (Lipinski definition) is 2. The van der Waals surface area contributed by atoms with E-state index in [1.807, 2.05) is 29.2 Å². The number of nitrogens with zero attached hydrogens (tertiary/aromatic N) is 1. The zero-order valence-corrected chi connectivity index (χ0v) is 11.0. The molecular formula is C13H18ClN3O. The lowest BCUT2D eigenvalue weighted by atomic mass is 10.1. The Morgan fingerprint density at radius 2 is 2.06 bits per heavy atom. The SMILES string of the molecule is O=C1NCCN1CCNCCc1ccc(Cl)cc1. The Bertz CT molecular complexity index is 394. The lowest BCUT2D eigenvalue weighted by Gasteiger charge is -2.14. The van der Waals surface area contributed by atoms with Gasteiger partial charge in [-0.2, -0.15) is 0 Å². The van der Waals surface area contributed by atoms with Crippen LogP contribution in [0.1, 0.15) is 5.56 Å². The number of halogens is 1. The van der Waals surface area contributed by atoms with E-state index in [0.29, 0.717) is 0 Å². The van der Waals surface area contributed by atoms with Crippen LogP contribution in [0.5, 0.6) is 0 Å². The van der Waals surface area contributed by atoms with Gasteiger partial charge in [0.15, 0.2) is 0 Å². The van der Waals surface area contributed by atoms with Gasteiger partial charge in [-0.3, -0.25) is 0 Å². The van der Waals surface area contributed by atoms with E-state index < -0.39 is 0 Å². The summed E-state index contributed by atoms with van der Waals surface area (Å²) in [6.07, 6.45) is 0.976. The maximum atomic E-state index is 11.3. The zero-order valence-electron chi connectivity index (χ0n) is 10.3. The summed E-state index contributed by atoms with van der Waals surface area (Å²) < 4.78 is 0. The van der Waals surface area contributed by atoms with Gasteiger partial charge in [0.05, 0.1) is 0 Å². The lowest BCUT2D eigenvalue weighted by molar-refractivity contribution is 0.217. The van der Waals surface area contributed by atoms with Crippen molar-refractivity contribution in [2.75, 3.05) is 32.7 Å². The predicted octanol–water partition coefficient (Wildman–Crippen LogP) is 1.50. The normalized spacial score (nSPS) is 14.9. The van der Waals surface area contributed by atoms with E-state index in [0.717, 1.165) is 44.2 Å². The highest BCUT2D eigenvalue weighted by atomic mass is 35.5. The van der Waals surface area contributed by atoms with E-state index in [9.17, 15) is 4.79 Å². The fourth-order valence-corrected chi connectivity index (χ4v) is 2.07. The predicted molar refractivity (Wildman–Crippen MR) is 73.0 cm³/mol. The summed E-state index contributed by atoms with van der Waals surface area (Å²) in [5.41, 5.74) is 1.27. The number of amides is 2. The lowest BCUT2D eigenvalue weighted by Crippen LogP contribution is -2.35. The first-order valence-electron chi connectivity index (χ1n) is 6.23. The first-order chi connectivity index (χ1) is 8.75.